The normalized spacial score (nSPS) is 11.6. The van der Waals surface area contributed by atoms with Gasteiger partial charge in [0.2, 0.25) is 5.13 Å². The molecule has 0 fully saturated rings. The Balaban J connectivity index is 1.50. The molecule has 0 aliphatic carbocycles. The number of nitrogens with zero attached hydrogens (tertiary/aromatic N) is 4. The molecule has 0 saturated heterocycles. The Morgan fingerprint density at radius 3 is 2.64 bits per heavy atom. The molecular weight excluding hydrogens is 574 g/mol. The second-order valence-electron chi connectivity index (χ2n) is 9.00. The lowest BCUT2D eigenvalue weighted by molar-refractivity contribution is 0.0898. The SMILES string of the molecule is C[Si](C)(C)CCOCn1cc(Br)c2c(Oc3c(F)cc(NC(=O)Nc4nncs4)cc3F)ccnc21. The maximum Gasteiger partial charge on any atom is 0.325 e. The third-order valence-electron chi connectivity index (χ3n) is 4.95. The molecule has 4 rings (SSSR count). The van der Waals surface area contributed by atoms with Crippen molar-refractivity contribution in [2.24, 2.45) is 0 Å². The zero-order valence-corrected chi connectivity index (χ0v) is 23.0. The van der Waals surface area contributed by atoms with E-state index in [0.29, 0.717) is 22.1 Å². The molecule has 3 heterocycles. The van der Waals surface area contributed by atoms with Crippen LogP contribution in [0.25, 0.3) is 11.0 Å². The first kappa shape index (κ1) is 26.1. The zero-order chi connectivity index (χ0) is 25.9. The second kappa shape index (κ2) is 11.0. The van der Waals surface area contributed by atoms with E-state index in [1.54, 1.807) is 10.8 Å². The molecule has 1 aromatic carbocycles. The van der Waals surface area contributed by atoms with Gasteiger partial charge in [-0.3, -0.25) is 5.32 Å². The minimum absolute atomic E-state index is 0.0953. The third kappa shape index (κ3) is 6.43. The Morgan fingerprint density at radius 2 is 1.97 bits per heavy atom. The minimum atomic E-state index is -1.22. The van der Waals surface area contributed by atoms with Gasteiger partial charge in [0.25, 0.3) is 0 Å². The predicted molar refractivity (Wildman–Crippen MR) is 141 cm³/mol. The Labute approximate surface area is 219 Å². The summed E-state index contributed by atoms with van der Waals surface area (Å²) in [4.78, 5) is 16.4. The van der Waals surface area contributed by atoms with Gasteiger partial charge in [-0.25, -0.2) is 18.6 Å². The maximum absolute atomic E-state index is 14.8. The van der Waals surface area contributed by atoms with Crippen LogP contribution in [0.4, 0.5) is 24.4 Å². The largest absolute Gasteiger partial charge is 0.450 e. The first-order valence-electron chi connectivity index (χ1n) is 10.8. The highest BCUT2D eigenvalue weighted by Gasteiger charge is 2.20. The molecule has 2 amide bonds. The van der Waals surface area contributed by atoms with E-state index >= 15 is 0 Å². The number of halogens is 3. The van der Waals surface area contributed by atoms with E-state index in [4.69, 9.17) is 9.47 Å². The number of hydrogen-bond donors (Lipinski definition) is 2. The van der Waals surface area contributed by atoms with Crippen LogP contribution >= 0.6 is 27.3 Å². The summed E-state index contributed by atoms with van der Waals surface area (Å²) in [5.74, 6) is -2.38. The van der Waals surface area contributed by atoms with Crippen LogP contribution in [0.3, 0.4) is 0 Å². The second-order valence-corrected chi connectivity index (χ2v) is 16.3. The fraction of sp³-hybridized carbons (Fsp3) is 0.273. The monoisotopic (exact) mass is 596 g/mol. The van der Waals surface area contributed by atoms with Crippen molar-refractivity contribution in [1.29, 1.82) is 0 Å². The van der Waals surface area contributed by atoms with Gasteiger partial charge >= 0.3 is 6.03 Å². The number of pyridine rings is 1. The van der Waals surface area contributed by atoms with Gasteiger partial charge in [0.15, 0.2) is 17.4 Å². The molecular formula is C22H23BrF2N6O3SSi. The van der Waals surface area contributed by atoms with Crippen molar-refractivity contribution in [2.45, 2.75) is 32.4 Å². The summed E-state index contributed by atoms with van der Waals surface area (Å²) in [5, 5.41) is 12.8. The van der Waals surface area contributed by atoms with Crippen LogP contribution in [0.5, 0.6) is 11.5 Å². The van der Waals surface area contributed by atoms with Crippen LogP contribution < -0.4 is 15.4 Å². The number of fused-ring (bicyclic) bond motifs is 1. The van der Waals surface area contributed by atoms with E-state index in [9.17, 15) is 13.6 Å². The maximum atomic E-state index is 14.8. The number of hydrogen-bond acceptors (Lipinski definition) is 7. The number of rotatable bonds is 9. The number of nitrogens with one attached hydrogen (secondary N) is 2. The van der Waals surface area contributed by atoms with Gasteiger partial charge in [0.1, 0.15) is 23.6 Å². The van der Waals surface area contributed by atoms with Crippen LogP contribution in [0, 0.1) is 11.6 Å². The number of benzene rings is 1. The van der Waals surface area contributed by atoms with E-state index < -0.39 is 31.5 Å². The average Bonchev–Trinajstić information content (AvgIpc) is 3.41. The summed E-state index contributed by atoms with van der Waals surface area (Å²) >= 11 is 4.58. The van der Waals surface area contributed by atoms with Crippen LogP contribution in [0.1, 0.15) is 0 Å². The summed E-state index contributed by atoms with van der Waals surface area (Å²) < 4.78 is 43.6. The first-order valence-corrected chi connectivity index (χ1v) is 16.2. The van der Waals surface area contributed by atoms with Crippen LogP contribution in [-0.2, 0) is 11.5 Å². The van der Waals surface area contributed by atoms with Crippen molar-refractivity contribution in [3.63, 3.8) is 0 Å². The summed E-state index contributed by atoms with van der Waals surface area (Å²) in [6.45, 7) is 7.75. The van der Waals surface area contributed by atoms with E-state index in [-0.39, 0.29) is 23.3 Å². The van der Waals surface area contributed by atoms with Gasteiger partial charge in [-0.05, 0) is 28.0 Å². The Bertz CT molecular complexity index is 1360. The fourth-order valence-corrected chi connectivity index (χ4v) is 5.01. The van der Waals surface area contributed by atoms with E-state index in [1.807, 2.05) is 0 Å². The molecule has 3 aromatic heterocycles. The molecule has 36 heavy (non-hydrogen) atoms. The van der Waals surface area contributed by atoms with Gasteiger partial charge in [-0.1, -0.05) is 31.0 Å². The molecule has 0 aliphatic rings. The number of carbonyl (C=O) groups is 1. The lowest BCUT2D eigenvalue weighted by Crippen LogP contribution is -2.22. The highest BCUT2D eigenvalue weighted by Crippen LogP contribution is 2.37. The molecule has 0 saturated carbocycles. The molecule has 14 heteroatoms. The molecule has 0 spiro atoms. The molecule has 2 N–H and O–H groups in total. The summed E-state index contributed by atoms with van der Waals surface area (Å²) in [6.07, 6.45) is 3.28. The topological polar surface area (TPSA) is 103 Å². The summed E-state index contributed by atoms with van der Waals surface area (Å²) in [7, 11) is -1.22. The Morgan fingerprint density at radius 1 is 1.22 bits per heavy atom. The number of ether oxygens (including phenoxy) is 2. The third-order valence-corrected chi connectivity index (χ3v) is 7.86. The van der Waals surface area contributed by atoms with Crippen molar-refractivity contribution in [3.05, 3.63) is 52.2 Å². The lowest BCUT2D eigenvalue weighted by atomic mass is 10.2. The van der Waals surface area contributed by atoms with Gasteiger partial charge in [0, 0.05) is 49.4 Å². The number of amides is 2. The van der Waals surface area contributed by atoms with Gasteiger partial charge in [-0.15, -0.1) is 10.2 Å². The van der Waals surface area contributed by atoms with E-state index in [1.165, 1.54) is 17.8 Å². The summed E-state index contributed by atoms with van der Waals surface area (Å²) in [5.41, 5.74) is 1.88. The Kier molecular flexibility index (Phi) is 7.97. The molecule has 0 unspecified atom stereocenters. The smallest absolute Gasteiger partial charge is 0.325 e. The van der Waals surface area contributed by atoms with E-state index in [0.717, 1.165) is 29.5 Å². The van der Waals surface area contributed by atoms with Gasteiger partial charge in [-0.2, -0.15) is 0 Å². The molecule has 0 bridgehead atoms. The van der Waals surface area contributed by atoms with Crippen LogP contribution in [-0.4, -0.2) is 40.5 Å². The first-order chi connectivity index (χ1) is 17.1. The van der Waals surface area contributed by atoms with E-state index in [2.05, 4.69) is 61.4 Å². The lowest BCUT2D eigenvalue weighted by Gasteiger charge is -2.15. The fourth-order valence-electron chi connectivity index (χ4n) is 3.19. The van der Waals surface area contributed by atoms with Crippen molar-refractivity contribution >= 4 is 63.2 Å². The predicted octanol–water partition coefficient (Wildman–Crippen LogP) is 6.68. The Hall–Kier alpha value is -2.94. The highest BCUT2D eigenvalue weighted by atomic mass is 79.9. The van der Waals surface area contributed by atoms with Crippen molar-refractivity contribution in [3.8, 4) is 11.5 Å². The zero-order valence-electron chi connectivity index (χ0n) is 19.6. The molecule has 4 aromatic rings. The minimum Gasteiger partial charge on any atom is -0.450 e. The van der Waals surface area contributed by atoms with Crippen LogP contribution in [0.15, 0.2) is 40.6 Å². The standard InChI is InChI=1S/C22H23BrF2N6O3SSi/c1-36(2,3)7-6-33-12-31-10-14(23)18-17(4-5-26-20(18)31)34-19-15(24)8-13(9-16(19)25)28-21(32)29-22-30-27-11-35-22/h4-5,8-11H,6-7,12H2,1-3H3,(H2,28,29,30,32). The van der Waals surface area contributed by atoms with Crippen molar-refractivity contribution < 1.29 is 23.0 Å². The number of urea groups is 1. The average molecular weight is 598 g/mol. The molecule has 0 radical (unpaired) electrons. The summed E-state index contributed by atoms with van der Waals surface area (Å²) in [6, 6.07) is 3.76. The molecule has 0 atom stereocenters. The number of anilines is 2. The van der Waals surface area contributed by atoms with Gasteiger partial charge < -0.3 is 19.4 Å². The van der Waals surface area contributed by atoms with Crippen molar-refractivity contribution in [1.82, 2.24) is 19.7 Å². The van der Waals surface area contributed by atoms with Crippen LogP contribution in [0.2, 0.25) is 25.7 Å². The molecule has 9 nitrogen and oxygen atoms in total. The van der Waals surface area contributed by atoms with Crippen molar-refractivity contribution in [2.75, 3.05) is 17.2 Å². The highest BCUT2D eigenvalue weighted by molar-refractivity contribution is 9.10. The molecule has 190 valence electrons. The molecule has 0 aliphatic heterocycles. The van der Waals surface area contributed by atoms with Gasteiger partial charge in [0.05, 0.1) is 5.39 Å². The number of aromatic nitrogens is 4. The quantitative estimate of drug-likeness (QED) is 0.165. The number of carbonyl (C=O) groups excluding carboxylic acids is 1.